The summed E-state index contributed by atoms with van der Waals surface area (Å²) in [5.41, 5.74) is 8.58. The molecule has 2 saturated heterocycles. The summed E-state index contributed by atoms with van der Waals surface area (Å²) in [6.07, 6.45) is 5.53. The molecule has 8 nitrogen and oxygen atoms in total. The molecule has 2 aromatic heterocycles. The number of aryl methyl sites for hydroxylation is 1. The Balaban J connectivity index is 1.49. The van der Waals surface area contributed by atoms with Crippen LogP contribution in [-0.2, 0) is 0 Å². The van der Waals surface area contributed by atoms with Crippen molar-refractivity contribution >= 4 is 17.4 Å². The van der Waals surface area contributed by atoms with Gasteiger partial charge in [-0.2, -0.15) is 5.10 Å². The van der Waals surface area contributed by atoms with Crippen LogP contribution in [0, 0.1) is 12.7 Å². The lowest BCUT2D eigenvalue weighted by atomic mass is 9.98. The molecule has 2 fully saturated rings. The largest absolute Gasteiger partial charge is 0.496 e. The molecule has 1 amide bonds. The second-order valence-corrected chi connectivity index (χ2v) is 8.94. The van der Waals surface area contributed by atoms with E-state index in [2.05, 4.69) is 4.90 Å². The molecule has 174 valence electrons. The normalized spacial score (nSPS) is 21.1. The standard InChI is InChI=1S/C24H29FN6O2/c1-15-13-31-21(27-23(15)29-11-9-16(26)14-29)12-18(28-31)19-7-3-4-10-30(19)24(32)22-17(25)6-5-8-20(22)33-2/h5-6,8,12-13,16,19H,3-4,7,9-11,14,26H2,1-2H3/t16-,19-/m0/s1. The predicted octanol–water partition coefficient (Wildman–Crippen LogP) is 3.09. The van der Waals surface area contributed by atoms with E-state index >= 15 is 0 Å². The van der Waals surface area contributed by atoms with E-state index in [1.807, 2.05) is 19.2 Å². The van der Waals surface area contributed by atoms with Gasteiger partial charge in [0.05, 0.1) is 18.8 Å². The van der Waals surface area contributed by atoms with Crippen LogP contribution in [-0.4, -0.2) is 58.2 Å². The van der Waals surface area contributed by atoms with Crippen LogP contribution in [0.5, 0.6) is 5.75 Å². The van der Waals surface area contributed by atoms with Crippen molar-refractivity contribution < 1.29 is 13.9 Å². The number of rotatable bonds is 4. The van der Waals surface area contributed by atoms with Gasteiger partial charge in [-0.1, -0.05) is 6.07 Å². The molecule has 33 heavy (non-hydrogen) atoms. The van der Waals surface area contributed by atoms with Crippen molar-refractivity contribution in [3.63, 3.8) is 0 Å². The van der Waals surface area contributed by atoms with Crippen molar-refractivity contribution in [3.05, 3.63) is 53.1 Å². The molecule has 3 aromatic rings. The summed E-state index contributed by atoms with van der Waals surface area (Å²) in [4.78, 5) is 22.3. The monoisotopic (exact) mass is 452 g/mol. The van der Waals surface area contributed by atoms with Crippen molar-refractivity contribution in [1.82, 2.24) is 19.5 Å². The van der Waals surface area contributed by atoms with E-state index in [1.54, 1.807) is 21.5 Å². The molecular formula is C24H29FN6O2. The predicted molar refractivity (Wildman–Crippen MR) is 123 cm³/mol. The zero-order valence-corrected chi connectivity index (χ0v) is 19.0. The van der Waals surface area contributed by atoms with Gasteiger partial charge in [0.25, 0.3) is 5.91 Å². The average molecular weight is 453 g/mol. The maximum atomic E-state index is 14.6. The second kappa shape index (κ2) is 8.62. The third kappa shape index (κ3) is 3.90. The van der Waals surface area contributed by atoms with Crippen LogP contribution in [0.2, 0.25) is 0 Å². The molecule has 0 saturated carbocycles. The first-order valence-electron chi connectivity index (χ1n) is 11.5. The molecule has 2 N–H and O–H groups in total. The molecular weight excluding hydrogens is 423 g/mol. The number of amides is 1. The van der Waals surface area contributed by atoms with Gasteiger partial charge in [-0.15, -0.1) is 0 Å². The van der Waals surface area contributed by atoms with Crippen LogP contribution in [0.4, 0.5) is 10.2 Å². The first-order chi connectivity index (χ1) is 16.0. The van der Waals surface area contributed by atoms with E-state index < -0.39 is 5.82 Å². The Morgan fingerprint density at radius 2 is 2.09 bits per heavy atom. The number of nitrogens with zero attached hydrogens (tertiary/aromatic N) is 5. The van der Waals surface area contributed by atoms with Crippen LogP contribution in [0.15, 0.2) is 30.5 Å². The zero-order chi connectivity index (χ0) is 23.1. The lowest BCUT2D eigenvalue weighted by Gasteiger charge is -2.35. The van der Waals surface area contributed by atoms with Crippen LogP contribution in [0.1, 0.15) is 53.3 Å². The Morgan fingerprint density at radius 3 is 2.85 bits per heavy atom. The molecule has 0 radical (unpaired) electrons. The van der Waals surface area contributed by atoms with Crippen molar-refractivity contribution in [2.45, 2.75) is 44.7 Å². The highest BCUT2D eigenvalue weighted by molar-refractivity contribution is 5.97. The number of methoxy groups -OCH3 is 1. The first kappa shape index (κ1) is 21.6. The van der Waals surface area contributed by atoms with E-state index in [-0.39, 0.29) is 29.3 Å². The third-order valence-corrected chi connectivity index (χ3v) is 6.66. The van der Waals surface area contributed by atoms with E-state index in [1.165, 1.54) is 13.2 Å². The number of benzene rings is 1. The quantitative estimate of drug-likeness (QED) is 0.654. The second-order valence-electron chi connectivity index (χ2n) is 8.94. The minimum atomic E-state index is -0.579. The number of fused-ring (bicyclic) bond motifs is 1. The molecule has 1 aromatic carbocycles. The number of carbonyl (C=O) groups is 1. The summed E-state index contributed by atoms with van der Waals surface area (Å²) in [5.74, 6) is 0.215. The van der Waals surface area contributed by atoms with Crippen molar-refractivity contribution in [2.75, 3.05) is 31.6 Å². The SMILES string of the molecule is COc1cccc(F)c1C(=O)N1CCCC[C@H]1c1cc2nc(N3CC[C@H](N)C3)c(C)cn2n1. The summed E-state index contributed by atoms with van der Waals surface area (Å²) in [7, 11) is 1.44. The molecule has 5 rings (SSSR count). The topological polar surface area (TPSA) is 89.0 Å². The van der Waals surface area contributed by atoms with Gasteiger partial charge in [-0.05, 0) is 44.7 Å². The Hall–Kier alpha value is -3.20. The van der Waals surface area contributed by atoms with Crippen LogP contribution in [0.3, 0.4) is 0 Å². The Morgan fingerprint density at radius 1 is 1.24 bits per heavy atom. The fourth-order valence-electron chi connectivity index (χ4n) is 4.99. The number of aromatic nitrogens is 3. The van der Waals surface area contributed by atoms with Gasteiger partial charge >= 0.3 is 0 Å². The van der Waals surface area contributed by atoms with E-state index in [0.29, 0.717) is 6.54 Å². The van der Waals surface area contributed by atoms with Gasteiger partial charge in [-0.25, -0.2) is 13.9 Å². The van der Waals surface area contributed by atoms with E-state index in [0.717, 1.165) is 61.5 Å². The van der Waals surface area contributed by atoms with Gasteiger partial charge < -0.3 is 20.3 Å². The van der Waals surface area contributed by atoms with Gasteiger partial charge in [0.15, 0.2) is 5.65 Å². The summed E-state index contributed by atoms with van der Waals surface area (Å²) in [6.45, 7) is 4.24. The first-order valence-corrected chi connectivity index (χ1v) is 11.5. The lowest BCUT2D eigenvalue weighted by molar-refractivity contribution is 0.0597. The molecule has 9 heteroatoms. The van der Waals surface area contributed by atoms with Gasteiger partial charge in [-0.3, -0.25) is 4.79 Å². The number of anilines is 1. The third-order valence-electron chi connectivity index (χ3n) is 6.66. The van der Waals surface area contributed by atoms with Crippen LogP contribution >= 0.6 is 0 Å². The molecule has 0 spiro atoms. The summed E-state index contributed by atoms with van der Waals surface area (Å²) < 4.78 is 21.7. The summed E-state index contributed by atoms with van der Waals surface area (Å²) >= 11 is 0. The smallest absolute Gasteiger partial charge is 0.261 e. The van der Waals surface area contributed by atoms with Crippen LogP contribution in [0.25, 0.3) is 5.65 Å². The number of ether oxygens (including phenoxy) is 1. The number of halogens is 1. The van der Waals surface area contributed by atoms with Gasteiger partial charge in [0.2, 0.25) is 0 Å². The number of piperidine rings is 1. The fourth-order valence-corrected chi connectivity index (χ4v) is 4.99. The van der Waals surface area contributed by atoms with Gasteiger partial charge in [0.1, 0.15) is 22.9 Å². The van der Waals surface area contributed by atoms with Crippen LogP contribution < -0.4 is 15.4 Å². The van der Waals surface area contributed by atoms with E-state index in [9.17, 15) is 9.18 Å². The molecule has 0 unspecified atom stereocenters. The van der Waals surface area contributed by atoms with E-state index in [4.69, 9.17) is 20.6 Å². The van der Waals surface area contributed by atoms with Crippen molar-refractivity contribution in [3.8, 4) is 5.75 Å². The molecule has 0 aliphatic carbocycles. The molecule has 2 atom stereocenters. The highest BCUT2D eigenvalue weighted by atomic mass is 19.1. The maximum Gasteiger partial charge on any atom is 0.261 e. The molecule has 4 heterocycles. The minimum absolute atomic E-state index is 0.0303. The minimum Gasteiger partial charge on any atom is -0.496 e. The lowest BCUT2D eigenvalue weighted by Crippen LogP contribution is -2.39. The molecule has 2 aliphatic rings. The van der Waals surface area contributed by atoms with Gasteiger partial charge in [0, 0.05) is 43.5 Å². The number of nitrogens with two attached hydrogens (primary N) is 1. The average Bonchev–Trinajstić information content (AvgIpc) is 3.43. The summed E-state index contributed by atoms with van der Waals surface area (Å²) in [6, 6.07) is 6.30. The maximum absolute atomic E-state index is 14.6. The highest BCUT2D eigenvalue weighted by Crippen LogP contribution is 2.34. The number of likely N-dealkylation sites (tertiary alicyclic amines) is 1. The van der Waals surface area contributed by atoms with Crippen molar-refractivity contribution in [2.24, 2.45) is 5.73 Å². The Bertz CT molecular complexity index is 1200. The number of hydrogen-bond acceptors (Lipinski definition) is 6. The summed E-state index contributed by atoms with van der Waals surface area (Å²) in [5, 5.41) is 4.76. The highest BCUT2D eigenvalue weighted by Gasteiger charge is 2.33. The van der Waals surface area contributed by atoms with Crippen molar-refractivity contribution in [1.29, 1.82) is 0 Å². The Kier molecular flexibility index (Phi) is 5.65. The number of carbonyl (C=O) groups excluding carboxylic acids is 1. The molecule has 0 bridgehead atoms. The zero-order valence-electron chi connectivity index (χ0n) is 19.0. The molecule has 2 aliphatic heterocycles. The Labute approximate surface area is 192 Å². The number of hydrogen-bond donors (Lipinski definition) is 1. The fraction of sp³-hybridized carbons (Fsp3) is 0.458.